The molecule has 134 valence electrons. The number of carbonyl (C=O) groups excluding carboxylic acids is 1. The van der Waals surface area contributed by atoms with Gasteiger partial charge in [0.15, 0.2) is 0 Å². The van der Waals surface area contributed by atoms with Crippen LogP contribution in [-0.4, -0.2) is 51.7 Å². The van der Waals surface area contributed by atoms with Gasteiger partial charge in [0.25, 0.3) is 0 Å². The van der Waals surface area contributed by atoms with E-state index < -0.39 is 0 Å². The van der Waals surface area contributed by atoms with Crippen LogP contribution in [0.15, 0.2) is 30.5 Å². The fourth-order valence-corrected chi connectivity index (χ4v) is 3.26. The van der Waals surface area contributed by atoms with E-state index in [9.17, 15) is 4.79 Å². The molecule has 2 aromatic rings. The van der Waals surface area contributed by atoms with Crippen molar-refractivity contribution in [1.29, 1.82) is 0 Å². The molecule has 0 aliphatic carbocycles. The normalized spacial score (nSPS) is 15.6. The maximum absolute atomic E-state index is 12.4. The molecule has 1 saturated heterocycles. The predicted octanol–water partition coefficient (Wildman–Crippen LogP) is 3.23. The summed E-state index contributed by atoms with van der Waals surface area (Å²) in [5, 5.41) is 5.69. The van der Waals surface area contributed by atoms with Gasteiger partial charge in [0.05, 0.1) is 10.7 Å². The Bertz CT molecular complexity index is 702. The summed E-state index contributed by atoms with van der Waals surface area (Å²) in [5.41, 5.74) is 2.04. The molecule has 0 saturated carbocycles. The highest BCUT2D eigenvalue weighted by Crippen LogP contribution is 2.14. The van der Waals surface area contributed by atoms with E-state index in [2.05, 4.69) is 22.1 Å². The average Bonchev–Trinajstić information content (AvgIpc) is 2.93. The quantitative estimate of drug-likeness (QED) is 0.799. The molecule has 1 aromatic carbocycles. The summed E-state index contributed by atoms with van der Waals surface area (Å²) in [7, 11) is 0. The van der Waals surface area contributed by atoms with E-state index in [1.807, 2.05) is 24.0 Å². The number of aromatic nitrogens is 2. The number of hydrogen-bond donors (Lipinski definition) is 0. The second-order valence-electron chi connectivity index (χ2n) is 6.36. The fourth-order valence-electron chi connectivity index (χ4n) is 2.98. The Balaban J connectivity index is 1.43. The molecule has 1 amide bonds. The molecule has 1 fully saturated rings. The third-order valence-corrected chi connectivity index (χ3v) is 5.11. The van der Waals surface area contributed by atoms with Gasteiger partial charge < -0.3 is 4.90 Å². The topological polar surface area (TPSA) is 41.4 Å². The number of rotatable bonds is 5. The summed E-state index contributed by atoms with van der Waals surface area (Å²) >= 11 is 11.9. The van der Waals surface area contributed by atoms with Crippen molar-refractivity contribution in [3.05, 3.63) is 51.8 Å². The van der Waals surface area contributed by atoms with E-state index in [-0.39, 0.29) is 5.91 Å². The molecule has 0 N–H and O–H groups in total. The number of amides is 1. The van der Waals surface area contributed by atoms with Crippen LogP contribution < -0.4 is 0 Å². The first-order chi connectivity index (χ1) is 12.0. The van der Waals surface area contributed by atoms with Crippen molar-refractivity contribution >= 4 is 29.1 Å². The zero-order valence-corrected chi connectivity index (χ0v) is 15.8. The molecule has 7 heteroatoms. The lowest BCUT2D eigenvalue weighted by Gasteiger charge is -2.34. The Labute approximate surface area is 158 Å². The first-order valence-electron chi connectivity index (χ1n) is 8.45. The second kappa shape index (κ2) is 8.21. The van der Waals surface area contributed by atoms with Crippen LogP contribution in [0.3, 0.4) is 0 Å². The van der Waals surface area contributed by atoms with Crippen LogP contribution in [0.4, 0.5) is 0 Å². The van der Waals surface area contributed by atoms with Gasteiger partial charge in [-0.15, -0.1) is 0 Å². The maximum atomic E-state index is 12.4. The molecular formula is C18H22Cl2N4O. The zero-order valence-electron chi connectivity index (χ0n) is 14.3. The molecule has 0 spiro atoms. The van der Waals surface area contributed by atoms with Gasteiger partial charge in [-0.1, -0.05) is 35.3 Å². The van der Waals surface area contributed by atoms with E-state index in [0.717, 1.165) is 43.4 Å². The van der Waals surface area contributed by atoms with Gasteiger partial charge in [0.1, 0.15) is 0 Å². The number of aryl methyl sites for hydroxylation is 2. The summed E-state index contributed by atoms with van der Waals surface area (Å²) in [6.07, 6.45) is 2.23. The monoisotopic (exact) mass is 380 g/mol. The Hall–Kier alpha value is -1.56. The van der Waals surface area contributed by atoms with Crippen LogP contribution >= 0.6 is 23.2 Å². The molecule has 25 heavy (non-hydrogen) atoms. The molecule has 2 heterocycles. The van der Waals surface area contributed by atoms with Crippen LogP contribution in [0.25, 0.3) is 0 Å². The van der Waals surface area contributed by atoms with E-state index in [0.29, 0.717) is 18.0 Å². The molecule has 1 aliphatic heterocycles. The highest BCUT2D eigenvalue weighted by Gasteiger charge is 2.21. The zero-order chi connectivity index (χ0) is 17.8. The summed E-state index contributed by atoms with van der Waals surface area (Å²) in [4.78, 5) is 16.7. The highest BCUT2D eigenvalue weighted by atomic mass is 35.5. The van der Waals surface area contributed by atoms with Gasteiger partial charge in [-0.3, -0.25) is 14.4 Å². The van der Waals surface area contributed by atoms with Gasteiger partial charge >= 0.3 is 0 Å². The minimum Gasteiger partial charge on any atom is -0.340 e. The van der Waals surface area contributed by atoms with Crippen LogP contribution in [0.5, 0.6) is 0 Å². The highest BCUT2D eigenvalue weighted by molar-refractivity contribution is 6.31. The van der Waals surface area contributed by atoms with E-state index in [1.54, 1.807) is 10.9 Å². The van der Waals surface area contributed by atoms with Crippen molar-refractivity contribution in [2.45, 2.75) is 26.4 Å². The third-order valence-electron chi connectivity index (χ3n) is 4.49. The van der Waals surface area contributed by atoms with Crippen LogP contribution in [0.2, 0.25) is 10.0 Å². The van der Waals surface area contributed by atoms with E-state index in [4.69, 9.17) is 23.2 Å². The van der Waals surface area contributed by atoms with Gasteiger partial charge in [-0.2, -0.15) is 5.10 Å². The molecule has 1 aromatic heterocycles. The SMILES string of the molecule is Cc1nn(CCC(=O)N2CCN(Cc3ccc(Cl)cc3)CC2)cc1Cl. The molecule has 0 unspecified atom stereocenters. The lowest BCUT2D eigenvalue weighted by Crippen LogP contribution is -2.48. The minimum absolute atomic E-state index is 0.176. The first kappa shape index (κ1) is 18.2. The van der Waals surface area contributed by atoms with Gasteiger partial charge in [0, 0.05) is 56.9 Å². The van der Waals surface area contributed by atoms with Crippen molar-refractivity contribution in [1.82, 2.24) is 19.6 Å². The molecular weight excluding hydrogens is 359 g/mol. The van der Waals surface area contributed by atoms with E-state index >= 15 is 0 Å². The first-order valence-corrected chi connectivity index (χ1v) is 9.21. The number of benzene rings is 1. The van der Waals surface area contributed by atoms with Gasteiger partial charge in [0.2, 0.25) is 5.91 Å². The summed E-state index contributed by atoms with van der Waals surface area (Å²) in [6.45, 7) is 6.64. The summed E-state index contributed by atoms with van der Waals surface area (Å²) in [5.74, 6) is 0.176. The molecule has 0 radical (unpaired) electrons. The smallest absolute Gasteiger partial charge is 0.224 e. The van der Waals surface area contributed by atoms with E-state index in [1.165, 1.54) is 5.56 Å². The van der Waals surface area contributed by atoms with Gasteiger partial charge in [-0.05, 0) is 24.6 Å². The number of halogens is 2. The lowest BCUT2D eigenvalue weighted by molar-refractivity contribution is -0.133. The Morgan fingerprint density at radius 3 is 2.40 bits per heavy atom. The van der Waals surface area contributed by atoms with Crippen LogP contribution in [0.1, 0.15) is 17.7 Å². The number of piperazine rings is 1. The maximum Gasteiger partial charge on any atom is 0.224 e. The Morgan fingerprint density at radius 1 is 1.12 bits per heavy atom. The van der Waals surface area contributed by atoms with Crippen LogP contribution in [0, 0.1) is 6.92 Å². The van der Waals surface area contributed by atoms with Gasteiger partial charge in [-0.25, -0.2) is 0 Å². The molecule has 0 atom stereocenters. The lowest BCUT2D eigenvalue weighted by atomic mass is 10.2. The molecule has 5 nitrogen and oxygen atoms in total. The van der Waals surface area contributed by atoms with Crippen LogP contribution in [-0.2, 0) is 17.9 Å². The van der Waals surface area contributed by atoms with Crippen molar-refractivity contribution in [3.63, 3.8) is 0 Å². The number of hydrogen-bond acceptors (Lipinski definition) is 3. The summed E-state index contributed by atoms with van der Waals surface area (Å²) < 4.78 is 1.74. The van der Waals surface area contributed by atoms with Crippen molar-refractivity contribution in [2.24, 2.45) is 0 Å². The molecule has 1 aliphatic rings. The third kappa shape index (κ3) is 4.97. The van der Waals surface area contributed by atoms with Crippen molar-refractivity contribution in [2.75, 3.05) is 26.2 Å². The standard InChI is InChI=1S/C18H22Cl2N4O/c1-14-17(20)13-24(21-14)7-6-18(25)23-10-8-22(9-11-23)12-15-2-4-16(19)5-3-15/h2-5,13H,6-12H2,1H3. The number of carbonyl (C=O) groups is 1. The minimum atomic E-state index is 0.176. The molecule has 3 rings (SSSR count). The predicted molar refractivity (Wildman–Crippen MR) is 99.9 cm³/mol. The largest absolute Gasteiger partial charge is 0.340 e. The van der Waals surface area contributed by atoms with Crippen molar-refractivity contribution < 1.29 is 4.79 Å². The summed E-state index contributed by atoms with van der Waals surface area (Å²) in [6, 6.07) is 7.94. The van der Waals surface area contributed by atoms with Crippen molar-refractivity contribution in [3.8, 4) is 0 Å². The Morgan fingerprint density at radius 2 is 1.80 bits per heavy atom. The number of nitrogens with zero attached hydrogens (tertiary/aromatic N) is 4. The second-order valence-corrected chi connectivity index (χ2v) is 7.20. The Kier molecular flexibility index (Phi) is 5.99. The molecule has 0 bridgehead atoms. The fraction of sp³-hybridized carbons (Fsp3) is 0.444. The average molecular weight is 381 g/mol.